The molecule has 0 N–H and O–H groups in total. The summed E-state index contributed by atoms with van der Waals surface area (Å²) in [6.45, 7) is 7.16. The van der Waals surface area contributed by atoms with Gasteiger partial charge in [0, 0.05) is 32.6 Å². The number of nitrogens with zero attached hydrogens (tertiary/aromatic N) is 4. The van der Waals surface area contributed by atoms with Gasteiger partial charge < -0.3 is 9.80 Å². The van der Waals surface area contributed by atoms with Crippen LogP contribution in [0.3, 0.4) is 0 Å². The Bertz CT molecular complexity index is 1220. The molecule has 7 heteroatoms. The molecule has 1 saturated heterocycles. The third-order valence-corrected chi connectivity index (χ3v) is 8.44. The van der Waals surface area contributed by atoms with Gasteiger partial charge >= 0.3 is 0 Å². The van der Waals surface area contributed by atoms with E-state index in [0.29, 0.717) is 10.3 Å². The maximum Gasteiger partial charge on any atom is 0.264 e. The fraction of sp³-hybridized carbons (Fsp3) is 0.519. The van der Waals surface area contributed by atoms with Crippen LogP contribution in [0.2, 0.25) is 0 Å². The molecule has 34 heavy (non-hydrogen) atoms. The summed E-state index contributed by atoms with van der Waals surface area (Å²) in [5.74, 6) is 0.947. The predicted octanol–water partition coefficient (Wildman–Crippen LogP) is 4.27. The zero-order chi connectivity index (χ0) is 23.5. The van der Waals surface area contributed by atoms with Crippen molar-refractivity contribution >= 4 is 27.5 Å². The Morgan fingerprint density at radius 2 is 1.85 bits per heavy atom. The molecule has 3 aromatic rings. The summed E-state index contributed by atoms with van der Waals surface area (Å²) in [5.41, 5.74) is 2.23. The summed E-state index contributed by atoms with van der Waals surface area (Å²) < 4.78 is 1.85. The van der Waals surface area contributed by atoms with Gasteiger partial charge in [-0.3, -0.25) is 14.2 Å². The summed E-state index contributed by atoms with van der Waals surface area (Å²) in [6.07, 6.45) is 7.28. The van der Waals surface area contributed by atoms with Gasteiger partial charge in [0.25, 0.3) is 11.5 Å². The van der Waals surface area contributed by atoms with Crippen molar-refractivity contribution in [1.29, 1.82) is 0 Å². The van der Waals surface area contributed by atoms with Gasteiger partial charge in [-0.2, -0.15) is 0 Å². The standard InChI is InChI=1S/C27H34N4O2S/c1-20-23-25(28-22-13-6-3-7-17-31(22)26(23)32)34-24(20)27(33)30-16-9-15-29(18-19-30)14-8-12-21-10-4-2-5-11-21/h2,4-5,10-11H,3,6-9,12-19H2,1H3. The average molecular weight is 479 g/mol. The lowest BCUT2D eigenvalue weighted by Gasteiger charge is -2.22. The summed E-state index contributed by atoms with van der Waals surface area (Å²) >= 11 is 1.41. The average Bonchev–Trinajstić information content (AvgIpc) is 3.03. The fourth-order valence-electron chi connectivity index (χ4n) is 5.31. The predicted molar refractivity (Wildman–Crippen MR) is 138 cm³/mol. The third-order valence-electron chi connectivity index (χ3n) is 7.26. The monoisotopic (exact) mass is 478 g/mol. The Morgan fingerprint density at radius 3 is 2.71 bits per heavy atom. The van der Waals surface area contributed by atoms with E-state index in [9.17, 15) is 9.59 Å². The van der Waals surface area contributed by atoms with Crippen LogP contribution in [0.25, 0.3) is 10.2 Å². The van der Waals surface area contributed by atoms with Crippen molar-refractivity contribution < 1.29 is 4.79 Å². The molecular formula is C27H34N4O2S. The zero-order valence-corrected chi connectivity index (χ0v) is 20.9. The summed E-state index contributed by atoms with van der Waals surface area (Å²) in [5, 5.41) is 0.649. The van der Waals surface area contributed by atoms with E-state index in [1.807, 2.05) is 16.4 Å². The maximum atomic E-state index is 13.5. The molecule has 0 saturated carbocycles. The lowest BCUT2D eigenvalue weighted by Crippen LogP contribution is -2.35. The van der Waals surface area contributed by atoms with Crippen LogP contribution in [0.1, 0.15) is 58.7 Å². The lowest BCUT2D eigenvalue weighted by molar-refractivity contribution is 0.0765. The Balaban J connectivity index is 1.27. The van der Waals surface area contributed by atoms with Gasteiger partial charge in [0.05, 0.1) is 10.3 Å². The quantitative estimate of drug-likeness (QED) is 0.549. The molecule has 0 radical (unpaired) electrons. The SMILES string of the molecule is Cc1c(C(=O)N2CCCN(CCCc3ccccc3)CC2)sc2nc3n(c(=O)c12)CCCCC3. The minimum atomic E-state index is 0.0372. The first-order chi connectivity index (χ1) is 16.6. The molecular weight excluding hydrogens is 444 g/mol. The Morgan fingerprint density at radius 1 is 1.00 bits per heavy atom. The van der Waals surface area contributed by atoms with E-state index in [2.05, 4.69) is 35.2 Å². The van der Waals surface area contributed by atoms with E-state index in [1.165, 1.54) is 16.9 Å². The maximum absolute atomic E-state index is 13.5. The van der Waals surface area contributed by atoms with Crippen molar-refractivity contribution in [3.63, 3.8) is 0 Å². The van der Waals surface area contributed by atoms with Crippen LogP contribution >= 0.6 is 11.3 Å². The largest absolute Gasteiger partial charge is 0.337 e. The molecule has 6 nitrogen and oxygen atoms in total. The molecule has 0 unspecified atom stereocenters. The van der Waals surface area contributed by atoms with E-state index in [4.69, 9.17) is 4.98 Å². The number of rotatable bonds is 5. The highest BCUT2D eigenvalue weighted by atomic mass is 32.1. The smallest absolute Gasteiger partial charge is 0.264 e. The Labute approximate surface area is 205 Å². The molecule has 0 aliphatic carbocycles. The number of carbonyl (C=O) groups is 1. The van der Waals surface area contributed by atoms with Crippen molar-refractivity contribution in [2.45, 2.75) is 58.4 Å². The molecule has 1 aromatic carbocycles. The number of carbonyl (C=O) groups excluding carboxylic acids is 1. The molecule has 0 atom stereocenters. The third kappa shape index (κ3) is 4.82. The van der Waals surface area contributed by atoms with Crippen LogP contribution < -0.4 is 5.56 Å². The molecule has 2 aromatic heterocycles. The van der Waals surface area contributed by atoms with E-state index >= 15 is 0 Å². The first-order valence-corrected chi connectivity index (χ1v) is 13.5. The highest BCUT2D eigenvalue weighted by Gasteiger charge is 2.26. The molecule has 0 bridgehead atoms. The molecule has 180 valence electrons. The number of fused-ring (bicyclic) bond motifs is 2. The summed E-state index contributed by atoms with van der Waals surface area (Å²) in [4.78, 5) is 37.5. The molecule has 0 spiro atoms. The molecule has 2 aliphatic heterocycles. The number of amides is 1. The second kappa shape index (κ2) is 10.4. The molecule has 4 heterocycles. The highest BCUT2D eigenvalue weighted by molar-refractivity contribution is 7.20. The van der Waals surface area contributed by atoms with Crippen LogP contribution in [0.4, 0.5) is 0 Å². The highest BCUT2D eigenvalue weighted by Crippen LogP contribution is 2.29. The topological polar surface area (TPSA) is 58.4 Å². The van der Waals surface area contributed by atoms with Gasteiger partial charge in [-0.1, -0.05) is 36.8 Å². The van der Waals surface area contributed by atoms with E-state index < -0.39 is 0 Å². The Hall–Kier alpha value is -2.51. The van der Waals surface area contributed by atoms with Crippen molar-refractivity contribution in [2.75, 3.05) is 32.7 Å². The van der Waals surface area contributed by atoms with Gasteiger partial charge in [0.2, 0.25) is 0 Å². The second-order valence-electron chi connectivity index (χ2n) is 9.61. The molecule has 5 rings (SSSR count). The zero-order valence-electron chi connectivity index (χ0n) is 20.1. The van der Waals surface area contributed by atoms with Crippen molar-refractivity contribution in [3.8, 4) is 0 Å². The van der Waals surface area contributed by atoms with Crippen LogP contribution in [0.15, 0.2) is 35.1 Å². The first kappa shape index (κ1) is 23.2. The van der Waals surface area contributed by atoms with Crippen molar-refractivity contribution in [3.05, 3.63) is 62.5 Å². The lowest BCUT2D eigenvalue weighted by atomic mass is 10.1. The second-order valence-corrected chi connectivity index (χ2v) is 10.6. The van der Waals surface area contributed by atoms with Gasteiger partial charge in [0.15, 0.2) is 0 Å². The van der Waals surface area contributed by atoms with E-state index in [1.54, 1.807) is 0 Å². The number of hydrogen-bond donors (Lipinski definition) is 0. The van der Waals surface area contributed by atoms with Crippen LogP contribution in [-0.2, 0) is 19.4 Å². The number of aromatic nitrogens is 2. The van der Waals surface area contributed by atoms with Crippen molar-refractivity contribution in [2.24, 2.45) is 0 Å². The number of hydrogen-bond acceptors (Lipinski definition) is 5. The van der Waals surface area contributed by atoms with Crippen LogP contribution in [0.5, 0.6) is 0 Å². The van der Waals surface area contributed by atoms with Crippen LogP contribution in [-0.4, -0.2) is 58.0 Å². The summed E-state index contributed by atoms with van der Waals surface area (Å²) in [7, 11) is 0. The molecule has 1 amide bonds. The van der Waals surface area contributed by atoms with Gasteiger partial charge in [-0.25, -0.2) is 4.98 Å². The van der Waals surface area contributed by atoms with Gasteiger partial charge in [-0.15, -0.1) is 11.3 Å². The summed E-state index contributed by atoms with van der Waals surface area (Å²) in [6, 6.07) is 10.6. The van der Waals surface area contributed by atoms with Gasteiger partial charge in [-0.05, 0) is 63.2 Å². The van der Waals surface area contributed by atoms with Gasteiger partial charge in [0.1, 0.15) is 10.7 Å². The minimum absolute atomic E-state index is 0.0372. The molecule has 2 aliphatic rings. The number of thiophene rings is 1. The first-order valence-electron chi connectivity index (χ1n) is 12.7. The molecule has 1 fully saturated rings. The van der Waals surface area contributed by atoms with E-state index in [-0.39, 0.29) is 11.5 Å². The fourth-order valence-corrected chi connectivity index (χ4v) is 6.46. The minimum Gasteiger partial charge on any atom is -0.337 e. The number of benzene rings is 1. The number of aryl methyl sites for hydroxylation is 3. The van der Waals surface area contributed by atoms with Crippen LogP contribution in [0, 0.1) is 6.92 Å². The van der Waals surface area contributed by atoms with Crippen molar-refractivity contribution in [1.82, 2.24) is 19.4 Å². The normalized spacial score (nSPS) is 17.4. The Kier molecular flexibility index (Phi) is 7.11. The van der Waals surface area contributed by atoms with E-state index in [0.717, 1.165) is 100 Å².